The molecule has 0 amide bonds. The molecular formula is C19H30NO2W-. The number of rotatable bonds is 7. The fourth-order valence-electron chi connectivity index (χ4n) is 2.65. The maximum atomic E-state index is 11.0. The van der Waals surface area contributed by atoms with Gasteiger partial charge in [0.2, 0.25) is 0 Å². The molecule has 1 saturated heterocycles. The van der Waals surface area contributed by atoms with Crippen LogP contribution in [0.3, 0.4) is 0 Å². The molecule has 2 rings (SSSR count). The standard InChI is InChI=1S/C17H24NO2.C2H6.W/c1-14(19)13-16-4-6-17(7-5-16)20-12-2-3-15-8-10-18-11-9-15;1-2;/h4-7,15H,2-3,8-13H2,1H3;1-2H3;/q-1;;. The first-order valence-corrected chi connectivity index (χ1v) is 8.58. The van der Waals surface area contributed by atoms with E-state index in [4.69, 9.17) is 4.74 Å². The second-order valence-electron chi connectivity index (χ2n) is 5.63. The van der Waals surface area contributed by atoms with Gasteiger partial charge in [0.25, 0.3) is 0 Å². The zero-order valence-corrected chi connectivity index (χ0v) is 17.6. The van der Waals surface area contributed by atoms with Crippen LogP contribution in [0.2, 0.25) is 0 Å². The number of nitrogens with zero attached hydrogens (tertiary/aromatic N) is 1. The Labute approximate surface area is 155 Å². The van der Waals surface area contributed by atoms with Gasteiger partial charge in [0.05, 0.1) is 6.61 Å². The number of hydrogen-bond donors (Lipinski definition) is 0. The van der Waals surface area contributed by atoms with Crippen molar-refractivity contribution in [3.63, 3.8) is 0 Å². The van der Waals surface area contributed by atoms with E-state index in [0.717, 1.165) is 43.3 Å². The van der Waals surface area contributed by atoms with Crippen LogP contribution in [-0.2, 0) is 32.3 Å². The number of carbonyl (C=O) groups is 1. The Hall–Kier alpha value is -0.662. The van der Waals surface area contributed by atoms with Gasteiger partial charge in [0, 0.05) is 27.5 Å². The Balaban J connectivity index is 0.00000155. The largest absolute Gasteiger partial charge is 0.662 e. The molecule has 1 aliphatic heterocycles. The van der Waals surface area contributed by atoms with E-state index < -0.39 is 0 Å². The van der Waals surface area contributed by atoms with Crippen LogP contribution in [0.5, 0.6) is 5.75 Å². The number of hydrogen-bond acceptors (Lipinski definition) is 2. The summed E-state index contributed by atoms with van der Waals surface area (Å²) in [6.07, 6.45) is 5.37. The molecule has 0 saturated carbocycles. The number of carbonyl (C=O) groups excluding carboxylic acids is 1. The zero-order chi connectivity index (χ0) is 16.2. The first kappa shape index (κ1) is 22.3. The predicted octanol–water partition coefficient (Wildman–Crippen LogP) is 4.78. The van der Waals surface area contributed by atoms with Crippen LogP contribution in [0.15, 0.2) is 24.3 Å². The molecule has 0 radical (unpaired) electrons. The number of piperidine rings is 1. The van der Waals surface area contributed by atoms with E-state index in [1.807, 2.05) is 38.1 Å². The van der Waals surface area contributed by atoms with Gasteiger partial charge in [-0.2, -0.15) is 0 Å². The van der Waals surface area contributed by atoms with Crippen molar-refractivity contribution < 1.29 is 30.6 Å². The van der Waals surface area contributed by atoms with Crippen molar-refractivity contribution in [1.29, 1.82) is 0 Å². The van der Waals surface area contributed by atoms with Gasteiger partial charge >= 0.3 is 0 Å². The normalized spacial score (nSPS) is 14.2. The summed E-state index contributed by atoms with van der Waals surface area (Å²) in [6.45, 7) is 8.48. The summed E-state index contributed by atoms with van der Waals surface area (Å²) in [4.78, 5) is 11.0. The molecule has 0 bridgehead atoms. The minimum atomic E-state index is 0. The molecule has 0 unspecified atom stereocenters. The van der Waals surface area contributed by atoms with E-state index in [-0.39, 0.29) is 26.8 Å². The van der Waals surface area contributed by atoms with Crippen molar-refractivity contribution in [2.75, 3.05) is 19.7 Å². The Morgan fingerprint density at radius 1 is 1.17 bits per heavy atom. The molecule has 1 aromatic carbocycles. The molecule has 3 nitrogen and oxygen atoms in total. The van der Waals surface area contributed by atoms with Gasteiger partial charge < -0.3 is 10.1 Å². The molecule has 0 atom stereocenters. The van der Waals surface area contributed by atoms with Crippen LogP contribution in [0.25, 0.3) is 5.32 Å². The molecule has 4 heteroatoms. The summed E-state index contributed by atoms with van der Waals surface area (Å²) in [5.41, 5.74) is 1.05. The molecule has 0 N–H and O–H groups in total. The molecule has 23 heavy (non-hydrogen) atoms. The first-order chi connectivity index (χ1) is 10.7. The Morgan fingerprint density at radius 2 is 1.78 bits per heavy atom. The summed E-state index contributed by atoms with van der Waals surface area (Å²) in [5.74, 6) is 1.93. The van der Waals surface area contributed by atoms with Crippen molar-refractivity contribution in [2.45, 2.75) is 52.9 Å². The summed E-state index contributed by atoms with van der Waals surface area (Å²) < 4.78 is 5.75. The van der Waals surface area contributed by atoms with Gasteiger partial charge in [-0.1, -0.05) is 38.8 Å². The second kappa shape index (κ2) is 13.7. The topological polar surface area (TPSA) is 40.4 Å². The smallest absolute Gasteiger partial charge is 0.134 e. The van der Waals surface area contributed by atoms with E-state index >= 15 is 0 Å². The van der Waals surface area contributed by atoms with Crippen molar-refractivity contribution in [3.8, 4) is 5.75 Å². The zero-order valence-electron chi connectivity index (χ0n) is 14.7. The molecule has 130 valence electrons. The fraction of sp³-hybridized carbons (Fsp3) is 0.632. The van der Waals surface area contributed by atoms with E-state index in [1.165, 1.54) is 19.3 Å². The maximum Gasteiger partial charge on any atom is 0.134 e. The van der Waals surface area contributed by atoms with Crippen molar-refractivity contribution >= 4 is 5.78 Å². The summed E-state index contributed by atoms with van der Waals surface area (Å²) in [7, 11) is 0. The summed E-state index contributed by atoms with van der Waals surface area (Å²) in [5, 5.41) is 4.38. The Bertz CT molecular complexity index is 414. The quantitative estimate of drug-likeness (QED) is 0.519. The summed E-state index contributed by atoms with van der Waals surface area (Å²) >= 11 is 0. The maximum absolute atomic E-state index is 11.0. The average Bonchev–Trinajstić information content (AvgIpc) is 2.55. The van der Waals surface area contributed by atoms with Crippen LogP contribution in [0.1, 0.15) is 52.0 Å². The van der Waals surface area contributed by atoms with Gasteiger partial charge in [-0.3, -0.25) is 4.79 Å². The van der Waals surface area contributed by atoms with Crippen LogP contribution in [0, 0.1) is 5.92 Å². The van der Waals surface area contributed by atoms with E-state index in [1.54, 1.807) is 6.92 Å². The molecule has 1 heterocycles. The monoisotopic (exact) mass is 488 g/mol. The van der Waals surface area contributed by atoms with Gasteiger partial charge in [-0.15, -0.1) is 13.1 Å². The molecule has 1 fully saturated rings. The van der Waals surface area contributed by atoms with Crippen LogP contribution >= 0.6 is 0 Å². The average molecular weight is 488 g/mol. The van der Waals surface area contributed by atoms with E-state index in [2.05, 4.69) is 5.32 Å². The van der Waals surface area contributed by atoms with Crippen molar-refractivity contribution in [1.82, 2.24) is 0 Å². The molecule has 0 spiro atoms. The third-order valence-corrected chi connectivity index (χ3v) is 3.79. The number of ketones is 1. The van der Waals surface area contributed by atoms with Gasteiger partial charge in [-0.05, 0) is 43.4 Å². The fourth-order valence-corrected chi connectivity index (χ4v) is 2.65. The van der Waals surface area contributed by atoms with Gasteiger partial charge in [-0.25, -0.2) is 0 Å². The first-order valence-electron chi connectivity index (χ1n) is 8.58. The number of ether oxygens (including phenoxy) is 1. The number of benzene rings is 1. The van der Waals surface area contributed by atoms with Crippen molar-refractivity contribution in [2.24, 2.45) is 5.92 Å². The molecule has 0 aromatic heterocycles. The SMILES string of the molecule is CC.CC(=O)Cc1ccc(OCCCC2CC[N-]CC2)cc1.[W]. The second-order valence-corrected chi connectivity index (χ2v) is 5.63. The van der Waals surface area contributed by atoms with Crippen LogP contribution < -0.4 is 4.74 Å². The van der Waals surface area contributed by atoms with Gasteiger partial charge in [0.1, 0.15) is 11.5 Å². The Kier molecular flexibility index (Phi) is 13.4. The molecule has 1 aliphatic rings. The Morgan fingerprint density at radius 3 is 2.35 bits per heavy atom. The van der Waals surface area contributed by atoms with Gasteiger partial charge in [0.15, 0.2) is 0 Å². The molecule has 0 aliphatic carbocycles. The third-order valence-electron chi connectivity index (χ3n) is 3.79. The van der Waals surface area contributed by atoms with E-state index in [0.29, 0.717) is 6.42 Å². The third kappa shape index (κ3) is 9.94. The summed E-state index contributed by atoms with van der Waals surface area (Å²) in [6, 6.07) is 7.86. The van der Waals surface area contributed by atoms with Crippen LogP contribution in [0.4, 0.5) is 0 Å². The minimum Gasteiger partial charge on any atom is -0.662 e. The molecule has 1 aromatic rings. The van der Waals surface area contributed by atoms with E-state index in [9.17, 15) is 4.79 Å². The van der Waals surface area contributed by atoms with Crippen molar-refractivity contribution in [3.05, 3.63) is 35.1 Å². The molecular weight excluding hydrogens is 458 g/mol. The van der Waals surface area contributed by atoms with Crippen LogP contribution in [-0.4, -0.2) is 25.5 Å². The number of Topliss-reactive ketones (excluding diaryl/α,β-unsaturated/α-hetero) is 1. The predicted molar refractivity (Wildman–Crippen MR) is 92.7 cm³/mol. The minimum absolute atomic E-state index is 0.